The van der Waals surface area contributed by atoms with Crippen molar-refractivity contribution in [1.82, 2.24) is 0 Å². The molecule has 2 saturated heterocycles. The molecule has 2 heterocycles. The maximum absolute atomic E-state index is 11.4. The molecule has 2 unspecified atom stereocenters. The van der Waals surface area contributed by atoms with E-state index in [1.807, 2.05) is 0 Å². The zero-order valence-corrected chi connectivity index (χ0v) is 23.0. The minimum atomic E-state index is -0.641. The number of carbonyl (C=O) groups is 1. The first-order chi connectivity index (χ1) is 17.4. The van der Waals surface area contributed by atoms with E-state index in [-0.39, 0.29) is 36.3 Å². The Labute approximate surface area is 218 Å². The van der Waals surface area contributed by atoms with Crippen molar-refractivity contribution in [3.8, 4) is 0 Å². The SMILES string of the molecule is CCCC[C@H](C)C[C@@H](/C=C/[C@@H]1[C@H]2CC(CCCCC(=O)OC)(OC)O[C@H]2C[C@H]1O)OC1CCCCO1. The molecule has 0 amide bonds. The van der Waals surface area contributed by atoms with Crippen LogP contribution in [0.15, 0.2) is 12.2 Å². The third-order valence-electron chi connectivity index (χ3n) is 8.29. The summed E-state index contributed by atoms with van der Waals surface area (Å²) in [5.41, 5.74) is 0. The van der Waals surface area contributed by atoms with E-state index < -0.39 is 11.9 Å². The lowest BCUT2D eigenvalue weighted by Gasteiger charge is -2.30. The van der Waals surface area contributed by atoms with E-state index in [2.05, 4.69) is 26.0 Å². The van der Waals surface area contributed by atoms with E-state index in [0.717, 1.165) is 58.0 Å². The molecular formula is C29H50O7. The van der Waals surface area contributed by atoms with E-state index in [4.69, 9.17) is 23.7 Å². The summed E-state index contributed by atoms with van der Waals surface area (Å²) in [5, 5.41) is 10.9. The third kappa shape index (κ3) is 8.52. The highest BCUT2D eigenvalue weighted by molar-refractivity contribution is 5.68. The Morgan fingerprint density at radius 2 is 2.06 bits per heavy atom. The Morgan fingerprint density at radius 3 is 2.75 bits per heavy atom. The molecule has 0 bridgehead atoms. The lowest BCUT2D eigenvalue weighted by atomic mass is 9.87. The van der Waals surface area contributed by atoms with Gasteiger partial charge in [0, 0.05) is 45.3 Å². The minimum Gasteiger partial charge on any atom is -0.469 e. The van der Waals surface area contributed by atoms with Gasteiger partial charge in [-0.05, 0) is 50.4 Å². The van der Waals surface area contributed by atoms with E-state index in [9.17, 15) is 9.90 Å². The van der Waals surface area contributed by atoms with Crippen LogP contribution in [-0.2, 0) is 28.5 Å². The molecule has 2 aliphatic heterocycles. The number of unbranched alkanes of at least 4 members (excludes halogenated alkanes) is 2. The number of methoxy groups -OCH3 is 2. The molecule has 208 valence electrons. The fraction of sp³-hybridized carbons (Fsp3) is 0.897. The van der Waals surface area contributed by atoms with Crippen LogP contribution >= 0.6 is 0 Å². The standard InChI is InChI=1S/C29H50O7/c1-5-6-11-21(2)18-22(35-28-13-8-10-17-34-28)14-15-23-24-20-29(33-4,36-26(24)19-25(23)30)16-9-7-12-27(31)32-3/h14-15,21-26,28,30H,5-13,16-20H2,1-4H3/b15-14+/t21-,22+,23+,24+,25+,26-,28?,29?/m0/s1. The summed E-state index contributed by atoms with van der Waals surface area (Å²) in [6.07, 6.45) is 15.7. The van der Waals surface area contributed by atoms with Crippen LogP contribution in [0.5, 0.6) is 0 Å². The van der Waals surface area contributed by atoms with Gasteiger partial charge >= 0.3 is 5.97 Å². The van der Waals surface area contributed by atoms with Crippen molar-refractivity contribution in [3.63, 3.8) is 0 Å². The number of rotatable bonds is 15. The topological polar surface area (TPSA) is 83.5 Å². The van der Waals surface area contributed by atoms with Gasteiger partial charge in [-0.1, -0.05) is 45.3 Å². The lowest BCUT2D eigenvalue weighted by Crippen LogP contribution is -2.33. The van der Waals surface area contributed by atoms with Crippen molar-refractivity contribution in [2.45, 2.75) is 128 Å². The van der Waals surface area contributed by atoms with Gasteiger partial charge in [0.1, 0.15) is 0 Å². The predicted octanol–water partition coefficient (Wildman–Crippen LogP) is 5.53. The van der Waals surface area contributed by atoms with Gasteiger partial charge in [-0.25, -0.2) is 0 Å². The fourth-order valence-corrected chi connectivity index (χ4v) is 6.13. The van der Waals surface area contributed by atoms with Gasteiger partial charge in [-0.2, -0.15) is 0 Å². The smallest absolute Gasteiger partial charge is 0.305 e. The quantitative estimate of drug-likeness (QED) is 0.176. The minimum absolute atomic E-state index is 0.0141. The monoisotopic (exact) mass is 510 g/mol. The van der Waals surface area contributed by atoms with Gasteiger partial charge in [0.15, 0.2) is 12.1 Å². The first kappa shape index (κ1) is 29.6. The highest BCUT2D eigenvalue weighted by atomic mass is 16.7. The predicted molar refractivity (Wildman–Crippen MR) is 138 cm³/mol. The summed E-state index contributed by atoms with van der Waals surface area (Å²) in [6, 6.07) is 0. The van der Waals surface area contributed by atoms with Crippen LogP contribution in [0, 0.1) is 17.8 Å². The molecule has 1 saturated carbocycles. The van der Waals surface area contributed by atoms with Crippen molar-refractivity contribution in [2.75, 3.05) is 20.8 Å². The molecule has 7 heteroatoms. The Bertz CT molecular complexity index is 677. The van der Waals surface area contributed by atoms with Crippen molar-refractivity contribution in [2.24, 2.45) is 17.8 Å². The molecule has 1 N–H and O–H groups in total. The molecule has 36 heavy (non-hydrogen) atoms. The number of fused-ring (bicyclic) bond motifs is 1. The summed E-state index contributed by atoms with van der Waals surface area (Å²) < 4.78 is 29.3. The molecule has 0 aromatic rings. The van der Waals surface area contributed by atoms with E-state index in [0.29, 0.717) is 18.8 Å². The Kier molecular flexibility index (Phi) is 12.2. The maximum Gasteiger partial charge on any atom is 0.305 e. The second-order valence-electron chi connectivity index (χ2n) is 11.1. The Morgan fingerprint density at radius 1 is 1.22 bits per heavy atom. The lowest BCUT2D eigenvalue weighted by molar-refractivity contribution is -0.218. The van der Waals surface area contributed by atoms with Crippen LogP contribution in [0.1, 0.15) is 97.3 Å². The molecule has 7 nitrogen and oxygen atoms in total. The van der Waals surface area contributed by atoms with Gasteiger partial charge in [-0.3, -0.25) is 4.79 Å². The van der Waals surface area contributed by atoms with E-state index in [1.165, 1.54) is 26.4 Å². The number of ether oxygens (including phenoxy) is 5. The third-order valence-corrected chi connectivity index (χ3v) is 8.29. The summed E-state index contributed by atoms with van der Waals surface area (Å²) in [4.78, 5) is 11.4. The molecule has 0 radical (unpaired) electrons. The van der Waals surface area contributed by atoms with Crippen LogP contribution in [0.4, 0.5) is 0 Å². The van der Waals surface area contributed by atoms with Gasteiger partial charge in [-0.15, -0.1) is 0 Å². The van der Waals surface area contributed by atoms with Gasteiger partial charge in [0.25, 0.3) is 0 Å². The second kappa shape index (κ2) is 14.8. The molecule has 1 aliphatic carbocycles. The number of hydrogen-bond acceptors (Lipinski definition) is 7. The van der Waals surface area contributed by atoms with Crippen molar-refractivity contribution in [3.05, 3.63) is 12.2 Å². The van der Waals surface area contributed by atoms with Crippen molar-refractivity contribution < 1.29 is 33.6 Å². The summed E-state index contributed by atoms with van der Waals surface area (Å²) in [5.74, 6) is -0.0193. The molecule has 3 aliphatic rings. The van der Waals surface area contributed by atoms with Crippen LogP contribution in [0.2, 0.25) is 0 Å². The zero-order valence-electron chi connectivity index (χ0n) is 23.0. The highest BCUT2D eigenvalue weighted by Gasteiger charge is 2.54. The van der Waals surface area contributed by atoms with Gasteiger partial charge < -0.3 is 28.8 Å². The van der Waals surface area contributed by atoms with Crippen molar-refractivity contribution in [1.29, 1.82) is 0 Å². The average molecular weight is 511 g/mol. The molecule has 0 spiro atoms. The fourth-order valence-electron chi connectivity index (χ4n) is 6.13. The van der Waals surface area contributed by atoms with Crippen LogP contribution < -0.4 is 0 Å². The second-order valence-corrected chi connectivity index (χ2v) is 11.1. The number of esters is 1. The number of carbonyl (C=O) groups excluding carboxylic acids is 1. The van der Waals surface area contributed by atoms with Crippen molar-refractivity contribution >= 4 is 5.97 Å². The van der Waals surface area contributed by atoms with Crippen LogP contribution in [0.3, 0.4) is 0 Å². The van der Waals surface area contributed by atoms with Crippen LogP contribution in [-0.4, -0.2) is 62.3 Å². The largest absolute Gasteiger partial charge is 0.469 e. The molecule has 3 rings (SSSR count). The first-order valence-electron chi connectivity index (χ1n) is 14.3. The zero-order chi connectivity index (χ0) is 26.0. The summed E-state index contributed by atoms with van der Waals surface area (Å²) in [6.45, 7) is 5.31. The Balaban J connectivity index is 1.61. The normalized spacial score (nSPS) is 34.1. The first-order valence-corrected chi connectivity index (χ1v) is 14.3. The maximum atomic E-state index is 11.4. The summed E-state index contributed by atoms with van der Waals surface area (Å²) in [7, 11) is 3.12. The van der Waals surface area contributed by atoms with E-state index >= 15 is 0 Å². The molecule has 0 aromatic carbocycles. The Hall–Kier alpha value is -0.990. The molecular weight excluding hydrogens is 460 g/mol. The van der Waals surface area contributed by atoms with E-state index in [1.54, 1.807) is 7.11 Å². The molecule has 0 aromatic heterocycles. The highest BCUT2D eigenvalue weighted by Crippen LogP contribution is 2.50. The number of aliphatic hydroxyl groups is 1. The number of aliphatic hydroxyl groups excluding tert-OH is 1. The van der Waals surface area contributed by atoms with Gasteiger partial charge in [0.2, 0.25) is 0 Å². The molecule has 3 fully saturated rings. The van der Waals surface area contributed by atoms with Crippen LogP contribution in [0.25, 0.3) is 0 Å². The average Bonchev–Trinajstić information content (AvgIpc) is 3.37. The number of hydrogen-bond donors (Lipinski definition) is 1. The van der Waals surface area contributed by atoms with Gasteiger partial charge in [0.05, 0.1) is 25.4 Å². The molecule has 8 atom stereocenters. The summed E-state index contributed by atoms with van der Waals surface area (Å²) >= 11 is 0.